The van der Waals surface area contributed by atoms with Gasteiger partial charge in [-0.15, -0.1) is 0 Å². The molecular weight excluding hydrogens is 244 g/mol. The van der Waals surface area contributed by atoms with E-state index < -0.39 is 5.97 Å². The molecule has 6 heteroatoms. The maximum absolute atomic E-state index is 11.0. The van der Waals surface area contributed by atoms with Gasteiger partial charge in [0, 0.05) is 13.2 Å². The summed E-state index contributed by atoms with van der Waals surface area (Å²) in [4.78, 5) is 15.0. The molecule has 0 amide bonds. The SMILES string of the molecule is COC1CC(Nc2nc(Cl)ccc2C(=O)O)C1. The van der Waals surface area contributed by atoms with Gasteiger partial charge in [0.25, 0.3) is 0 Å². The minimum atomic E-state index is -1.01. The van der Waals surface area contributed by atoms with Crippen LogP contribution in [-0.2, 0) is 4.74 Å². The fraction of sp³-hybridized carbons (Fsp3) is 0.455. The van der Waals surface area contributed by atoms with Crippen LogP contribution in [0, 0.1) is 0 Å². The number of carbonyl (C=O) groups is 1. The number of aromatic nitrogens is 1. The van der Waals surface area contributed by atoms with E-state index in [1.54, 1.807) is 7.11 Å². The van der Waals surface area contributed by atoms with Gasteiger partial charge in [0.05, 0.1) is 6.10 Å². The van der Waals surface area contributed by atoms with Crippen LogP contribution < -0.4 is 5.32 Å². The first-order valence-electron chi connectivity index (χ1n) is 5.29. The number of methoxy groups -OCH3 is 1. The molecule has 92 valence electrons. The van der Waals surface area contributed by atoms with Gasteiger partial charge < -0.3 is 15.2 Å². The molecule has 0 aromatic carbocycles. The van der Waals surface area contributed by atoms with Crippen molar-refractivity contribution in [1.29, 1.82) is 0 Å². The fourth-order valence-electron chi connectivity index (χ4n) is 1.79. The number of pyridine rings is 1. The van der Waals surface area contributed by atoms with E-state index in [0.717, 1.165) is 12.8 Å². The molecule has 1 heterocycles. The van der Waals surface area contributed by atoms with Gasteiger partial charge in [-0.2, -0.15) is 0 Å². The minimum absolute atomic E-state index is 0.135. The summed E-state index contributed by atoms with van der Waals surface area (Å²) in [5, 5.41) is 12.4. The van der Waals surface area contributed by atoms with Crippen molar-refractivity contribution in [2.75, 3.05) is 12.4 Å². The third-order valence-electron chi connectivity index (χ3n) is 2.86. The Hall–Kier alpha value is -1.33. The van der Waals surface area contributed by atoms with Crippen molar-refractivity contribution < 1.29 is 14.6 Å². The summed E-state index contributed by atoms with van der Waals surface area (Å²) in [5.74, 6) is -0.691. The first kappa shape index (κ1) is 12.1. The number of nitrogens with one attached hydrogen (secondary N) is 1. The van der Waals surface area contributed by atoms with E-state index in [-0.39, 0.29) is 22.9 Å². The van der Waals surface area contributed by atoms with Gasteiger partial charge in [-0.1, -0.05) is 11.6 Å². The maximum Gasteiger partial charge on any atom is 0.339 e. The first-order valence-corrected chi connectivity index (χ1v) is 5.67. The number of halogens is 1. The van der Waals surface area contributed by atoms with Gasteiger partial charge in [-0.3, -0.25) is 0 Å². The van der Waals surface area contributed by atoms with Crippen LogP contribution in [-0.4, -0.2) is 35.3 Å². The predicted octanol–water partition coefficient (Wildman–Crippen LogP) is 2.02. The maximum atomic E-state index is 11.0. The highest BCUT2D eigenvalue weighted by atomic mass is 35.5. The van der Waals surface area contributed by atoms with Crippen LogP contribution in [0.5, 0.6) is 0 Å². The fourth-order valence-corrected chi connectivity index (χ4v) is 1.93. The van der Waals surface area contributed by atoms with E-state index in [4.69, 9.17) is 21.4 Å². The van der Waals surface area contributed by atoms with Crippen LogP contribution in [0.3, 0.4) is 0 Å². The van der Waals surface area contributed by atoms with E-state index in [0.29, 0.717) is 5.82 Å². The summed E-state index contributed by atoms with van der Waals surface area (Å²) < 4.78 is 5.15. The van der Waals surface area contributed by atoms with Crippen LogP contribution in [0.15, 0.2) is 12.1 Å². The highest BCUT2D eigenvalue weighted by molar-refractivity contribution is 6.29. The van der Waals surface area contributed by atoms with Crippen LogP contribution in [0.1, 0.15) is 23.2 Å². The number of aromatic carboxylic acids is 1. The van der Waals surface area contributed by atoms with Crippen molar-refractivity contribution >= 4 is 23.4 Å². The minimum Gasteiger partial charge on any atom is -0.478 e. The summed E-state index contributed by atoms with van der Waals surface area (Å²) in [6.07, 6.45) is 1.95. The molecule has 17 heavy (non-hydrogen) atoms. The van der Waals surface area contributed by atoms with Crippen LogP contribution >= 0.6 is 11.6 Å². The van der Waals surface area contributed by atoms with E-state index in [2.05, 4.69) is 10.3 Å². The Balaban J connectivity index is 2.09. The van der Waals surface area contributed by atoms with Crippen molar-refractivity contribution in [3.8, 4) is 0 Å². The Labute approximate surface area is 104 Å². The quantitative estimate of drug-likeness (QED) is 0.807. The average Bonchev–Trinajstić information content (AvgIpc) is 2.22. The van der Waals surface area contributed by atoms with Crippen molar-refractivity contribution in [3.63, 3.8) is 0 Å². The normalized spacial score (nSPS) is 22.9. The standard InChI is InChI=1S/C11H13ClN2O3/c1-17-7-4-6(5-7)13-10-8(11(15)16)2-3-9(12)14-10/h2-3,6-7H,4-5H2,1H3,(H,13,14)(H,15,16). The summed E-state index contributed by atoms with van der Waals surface area (Å²) in [7, 11) is 1.67. The van der Waals surface area contributed by atoms with Gasteiger partial charge in [0.2, 0.25) is 0 Å². The molecule has 2 N–H and O–H groups in total. The molecule has 5 nitrogen and oxygen atoms in total. The number of nitrogens with zero attached hydrogens (tertiary/aromatic N) is 1. The molecule has 1 aliphatic carbocycles. The molecule has 0 radical (unpaired) electrons. The Morgan fingerprint density at radius 2 is 2.29 bits per heavy atom. The molecule has 0 aliphatic heterocycles. The number of anilines is 1. The number of hydrogen-bond donors (Lipinski definition) is 2. The Morgan fingerprint density at radius 1 is 1.59 bits per heavy atom. The monoisotopic (exact) mass is 256 g/mol. The van der Waals surface area contributed by atoms with Gasteiger partial charge >= 0.3 is 5.97 Å². The number of carboxylic acid groups (broad SMARTS) is 1. The number of hydrogen-bond acceptors (Lipinski definition) is 4. The lowest BCUT2D eigenvalue weighted by Crippen LogP contribution is -2.40. The van der Waals surface area contributed by atoms with Gasteiger partial charge in [-0.05, 0) is 25.0 Å². The summed E-state index contributed by atoms with van der Waals surface area (Å²) in [5.41, 5.74) is 0.135. The lowest BCUT2D eigenvalue weighted by atomic mass is 9.89. The molecule has 0 spiro atoms. The molecule has 1 aromatic rings. The average molecular weight is 257 g/mol. The predicted molar refractivity (Wildman–Crippen MR) is 63.6 cm³/mol. The number of rotatable bonds is 4. The number of ether oxygens (including phenoxy) is 1. The zero-order valence-corrected chi connectivity index (χ0v) is 10.1. The second kappa shape index (κ2) is 4.89. The zero-order chi connectivity index (χ0) is 12.4. The lowest BCUT2D eigenvalue weighted by Gasteiger charge is -2.35. The summed E-state index contributed by atoms with van der Waals surface area (Å²) in [6, 6.07) is 3.12. The van der Waals surface area contributed by atoms with E-state index in [9.17, 15) is 4.79 Å². The Bertz CT molecular complexity index is 433. The lowest BCUT2D eigenvalue weighted by molar-refractivity contribution is 0.0327. The molecule has 1 fully saturated rings. The molecule has 0 atom stereocenters. The van der Waals surface area contributed by atoms with E-state index in [1.165, 1.54) is 12.1 Å². The Kier molecular flexibility index (Phi) is 3.49. The van der Waals surface area contributed by atoms with Gasteiger partial charge in [0.15, 0.2) is 0 Å². The second-order valence-electron chi connectivity index (χ2n) is 4.01. The molecule has 1 saturated carbocycles. The van der Waals surface area contributed by atoms with Crippen molar-refractivity contribution in [2.45, 2.75) is 25.0 Å². The molecule has 0 saturated heterocycles. The number of carboxylic acids is 1. The van der Waals surface area contributed by atoms with Crippen LogP contribution in [0.25, 0.3) is 0 Å². The largest absolute Gasteiger partial charge is 0.478 e. The molecule has 2 rings (SSSR count). The summed E-state index contributed by atoms with van der Waals surface area (Å²) >= 11 is 5.75. The van der Waals surface area contributed by atoms with Crippen molar-refractivity contribution in [1.82, 2.24) is 4.98 Å². The van der Waals surface area contributed by atoms with Crippen molar-refractivity contribution in [2.24, 2.45) is 0 Å². The van der Waals surface area contributed by atoms with E-state index in [1.807, 2.05) is 0 Å². The van der Waals surface area contributed by atoms with Crippen LogP contribution in [0.4, 0.5) is 5.82 Å². The molecule has 1 aromatic heterocycles. The highest BCUT2D eigenvalue weighted by Crippen LogP contribution is 2.27. The van der Waals surface area contributed by atoms with Gasteiger partial charge in [-0.25, -0.2) is 9.78 Å². The van der Waals surface area contributed by atoms with E-state index >= 15 is 0 Å². The molecule has 0 bridgehead atoms. The highest BCUT2D eigenvalue weighted by Gasteiger charge is 2.30. The van der Waals surface area contributed by atoms with Crippen molar-refractivity contribution in [3.05, 3.63) is 22.8 Å². The third-order valence-corrected chi connectivity index (χ3v) is 3.07. The smallest absolute Gasteiger partial charge is 0.339 e. The topological polar surface area (TPSA) is 71.5 Å². The molecule has 0 unspecified atom stereocenters. The molecule has 1 aliphatic rings. The van der Waals surface area contributed by atoms with Gasteiger partial charge in [0.1, 0.15) is 16.5 Å². The third kappa shape index (κ3) is 2.68. The second-order valence-corrected chi connectivity index (χ2v) is 4.39. The Morgan fingerprint density at radius 3 is 2.88 bits per heavy atom. The zero-order valence-electron chi connectivity index (χ0n) is 9.31. The first-order chi connectivity index (χ1) is 8.10. The summed E-state index contributed by atoms with van der Waals surface area (Å²) in [6.45, 7) is 0. The van der Waals surface area contributed by atoms with Crippen LogP contribution in [0.2, 0.25) is 5.15 Å². The molecular formula is C11H13ClN2O3.